The SMILES string of the molecule is CC(=O)NCCN1CCc2cc(C(=O)O)ccc21. The second kappa shape index (κ2) is 5.08. The summed E-state index contributed by atoms with van der Waals surface area (Å²) < 4.78 is 0. The molecule has 0 atom stereocenters. The first-order chi connectivity index (χ1) is 8.58. The van der Waals surface area contributed by atoms with E-state index in [1.807, 2.05) is 6.07 Å². The van der Waals surface area contributed by atoms with Crippen LogP contribution in [0.2, 0.25) is 0 Å². The number of anilines is 1. The van der Waals surface area contributed by atoms with E-state index in [1.54, 1.807) is 12.1 Å². The maximum atomic E-state index is 10.9. The lowest BCUT2D eigenvalue weighted by Gasteiger charge is -2.19. The van der Waals surface area contributed by atoms with Crippen LogP contribution in [0.15, 0.2) is 18.2 Å². The number of benzene rings is 1. The molecule has 18 heavy (non-hydrogen) atoms. The molecule has 0 aromatic heterocycles. The standard InChI is InChI=1S/C13H16N2O3/c1-9(16)14-5-7-15-6-4-10-8-11(13(17)18)2-3-12(10)15/h2-3,8H,4-7H2,1H3,(H,14,16)(H,17,18). The van der Waals surface area contributed by atoms with E-state index in [0.29, 0.717) is 12.1 Å². The molecule has 2 rings (SSSR count). The van der Waals surface area contributed by atoms with Crippen LogP contribution in [0.25, 0.3) is 0 Å². The number of amides is 1. The van der Waals surface area contributed by atoms with Gasteiger partial charge in [0.25, 0.3) is 0 Å². The average Bonchev–Trinajstić information content (AvgIpc) is 2.71. The number of hydrogen-bond donors (Lipinski definition) is 2. The Morgan fingerprint density at radius 3 is 2.89 bits per heavy atom. The molecule has 0 saturated carbocycles. The van der Waals surface area contributed by atoms with Crippen LogP contribution in [-0.2, 0) is 11.2 Å². The van der Waals surface area contributed by atoms with Gasteiger partial charge in [0, 0.05) is 32.2 Å². The molecular formula is C13H16N2O3. The number of carboxylic acids is 1. The molecule has 2 N–H and O–H groups in total. The normalized spacial score (nSPS) is 13.3. The van der Waals surface area contributed by atoms with Gasteiger partial charge in [0.2, 0.25) is 5.91 Å². The number of aromatic carboxylic acids is 1. The van der Waals surface area contributed by atoms with Gasteiger partial charge in [0.1, 0.15) is 0 Å². The largest absolute Gasteiger partial charge is 0.478 e. The van der Waals surface area contributed by atoms with Crippen molar-refractivity contribution in [2.24, 2.45) is 0 Å². The van der Waals surface area contributed by atoms with Crippen molar-refractivity contribution in [2.45, 2.75) is 13.3 Å². The monoisotopic (exact) mass is 248 g/mol. The average molecular weight is 248 g/mol. The molecule has 0 bridgehead atoms. The lowest BCUT2D eigenvalue weighted by molar-refractivity contribution is -0.118. The van der Waals surface area contributed by atoms with Crippen LogP contribution < -0.4 is 10.2 Å². The van der Waals surface area contributed by atoms with E-state index in [2.05, 4.69) is 10.2 Å². The highest BCUT2D eigenvalue weighted by molar-refractivity contribution is 5.88. The Morgan fingerprint density at radius 1 is 1.44 bits per heavy atom. The first kappa shape index (κ1) is 12.4. The van der Waals surface area contributed by atoms with Gasteiger partial charge < -0.3 is 15.3 Å². The third kappa shape index (κ3) is 2.61. The van der Waals surface area contributed by atoms with Gasteiger partial charge in [0.15, 0.2) is 0 Å². The Labute approximate surface area is 105 Å². The second-order valence-electron chi connectivity index (χ2n) is 4.37. The van der Waals surface area contributed by atoms with Crippen molar-refractivity contribution in [3.63, 3.8) is 0 Å². The van der Waals surface area contributed by atoms with Gasteiger partial charge in [-0.15, -0.1) is 0 Å². The number of carbonyl (C=O) groups is 2. The van der Waals surface area contributed by atoms with Gasteiger partial charge in [-0.2, -0.15) is 0 Å². The van der Waals surface area contributed by atoms with E-state index in [9.17, 15) is 9.59 Å². The smallest absolute Gasteiger partial charge is 0.335 e. The first-order valence-corrected chi connectivity index (χ1v) is 5.93. The van der Waals surface area contributed by atoms with Crippen molar-refractivity contribution in [3.8, 4) is 0 Å². The summed E-state index contributed by atoms with van der Waals surface area (Å²) in [5, 5.41) is 11.7. The van der Waals surface area contributed by atoms with E-state index in [-0.39, 0.29) is 5.91 Å². The molecule has 1 aliphatic heterocycles. The Morgan fingerprint density at radius 2 is 2.22 bits per heavy atom. The maximum Gasteiger partial charge on any atom is 0.335 e. The molecule has 0 fully saturated rings. The van der Waals surface area contributed by atoms with Crippen LogP contribution in [0.5, 0.6) is 0 Å². The molecule has 1 aromatic rings. The van der Waals surface area contributed by atoms with Crippen LogP contribution in [0.4, 0.5) is 5.69 Å². The minimum absolute atomic E-state index is 0.0318. The van der Waals surface area contributed by atoms with E-state index in [0.717, 1.165) is 30.8 Å². The maximum absolute atomic E-state index is 10.9. The molecule has 0 radical (unpaired) electrons. The van der Waals surface area contributed by atoms with Crippen molar-refractivity contribution in [1.82, 2.24) is 5.32 Å². The van der Waals surface area contributed by atoms with Crippen molar-refractivity contribution >= 4 is 17.6 Å². The highest BCUT2D eigenvalue weighted by Crippen LogP contribution is 2.28. The molecule has 1 aliphatic rings. The highest BCUT2D eigenvalue weighted by Gasteiger charge is 2.19. The van der Waals surface area contributed by atoms with E-state index in [4.69, 9.17) is 5.11 Å². The lowest BCUT2D eigenvalue weighted by Crippen LogP contribution is -2.32. The Hall–Kier alpha value is -2.04. The lowest BCUT2D eigenvalue weighted by atomic mass is 10.1. The van der Waals surface area contributed by atoms with Crippen LogP contribution in [0.3, 0.4) is 0 Å². The number of nitrogens with zero attached hydrogens (tertiary/aromatic N) is 1. The third-order valence-electron chi connectivity index (χ3n) is 3.07. The molecule has 1 aromatic carbocycles. The Kier molecular flexibility index (Phi) is 3.50. The summed E-state index contributed by atoms with van der Waals surface area (Å²) in [7, 11) is 0. The van der Waals surface area contributed by atoms with Crippen LogP contribution >= 0.6 is 0 Å². The third-order valence-corrected chi connectivity index (χ3v) is 3.07. The molecule has 0 saturated heterocycles. The number of rotatable bonds is 4. The predicted molar refractivity (Wildman–Crippen MR) is 68.0 cm³/mol. The summed E-state index contributed by atoms with van der Waals surface area (Å²) in [5.74, 6) is -0.926. The fourth-order valence-corrected chi connectivity index (χ4v) is 2.20. The highest BCUT2D eigenvalue weighted by atomic mass is 16.4. The number of hydrogen-bond acceptors (Lipinski definition) is 3. The predicted octanol–water partition coefficient (Wildman–Crippen LogP) is 0.883. The summed E-state index contributed by atoms with van der Waals surface area (Å²) in [4.78, 5) is 23.8. The van der Waals surface area contributed by atoms with Gasteiger partial charge in [-0.3, -0.25) is 4.79 Å². The van der Waals surface area contributed by atoms with Crippen LogP contribution in [-0.4, -0.2) is 36.6 Å². The number of carbonyl (C=O) groups excluding carboxylic acids is 1. The fourth-order valence-electron chi connectivity index (χ4n) is 2.20. The minimum Gasteiger partial charge on any atom is -0.478 e. The molecule has 1 amide bonds. The topological polar surface area (TPSA) is 69.6 Å². The van der Waals surface area contributed by atoms with E-state index >= 15 is 0 Å². The van der Waals surface area contributed by atoms with E-state index in [1.165, 1.54) is 6.92 Å². The molecule has 0 aliphatic carbocycles. The zero-order valence-corrected chi connectivity index (χ0v) is 10.3. The molecule has 0 spiro atoms. The van der Waals surface area contributed by atoms with Gasteiger partial charge >= 0.3 is 5.97 Å². The number of carboxylic acid groups (broad SMARTS) is 1. The Bertz CT molecular complexity index is 485. The number of fused-ring (bicyclic) bond motifs is 1. The summed E-state index contributed by atoms with van der Waals surface area (Å²) in [6.45, 7) is 3.73. The molecule has 0 unspecified atom stereocenters. The molecule has 1 heterocycles. The quantitative estimate of drug-likeness (QED) is 0.830. The van der Waals surface area contributed by atoms with Gasteiger partial charge in [-0.1, -0.05) is 0 Å². The van der Waals surface area contributed by atoms with Crippen molar-refractivity contribution in [1.29, 1.82) is 0 Å². The summed E-state index contributed by atoms with van der Waals surface area (Å²) in [6, 6.07) is 5.20. The molecule has 96 valence electrons. The number of nitrogens with one attached hydrogen (secondary N) is 1. The fraction of sp³-hybridized carbons (Fsp3) is 0.385. The van der Waals surface area contributed by atoms with Crippen molar-refractivity contribution in [3.05, 3.63) is 29.3 Å². The van der Waals surface area contributed by atoms with Crippen molar-refractivity contribution in [2.75, 3.05) is 24.5 Å². The minimum atomic E-state index is -0.894. The summed E-state index contributed by atoms with van der Waals surface area (Å²) in [6.07, 6.45) is 0.858. The van der Waals surface area contributed by atoms with Gasteiger partial charge in [0.05, 0.1) is 5.56 Å². The molecule has 5 heteroatoms. The summed E-state index contributed by atoms with van der Waals surface area (Å²) >= 11 is 0. The van der Waals surface area contributed by atoms with Gasteiger partial charge in [-0.05, 0) is 30.2 Å². The Balaban J connectivity index is 2.04. The van der Waals surface area contributed by atoms with E-state index < -0.39 is 5.97 Å². The molecule has 5 nitrogen and oxygen atoms in total. The second-order valence-corrected chi connectivity index (χ2v) is 4.37. The zero-order chi connectivity index (χ0) is 13.1. The summed E-state index contributed by atoms with van der Waals surface area (Å²) in [5.41, 5.74) is 2.47. The van der Waals surface area contributed by atoms with Crippen molar-refractivity contribution < 1.29 is 14.7 Å². The van der Waals surface area contributed by atoms with Crippen LogP contribution in [0.1, 0.15) is 22.8 Å². The molecular weight excluding hydrogens is 232 g/mol. The van der Waals surface area contributed by atoms with Gasteiger partial charge in [-0.25, -0.2) is 4.79 Å². The first-order valence-electron chi connectivity index (χ1n) is 5.93. The van der Waals surface area contributed by atoms with Crippen LogP contribution in [0, 0.1) is 0 Å². The zero-order valence-electron chi connectivity index (χ0n) is 10.3.